The number of nitrogens with zero attached hydrogens (tertiary/aromatic N) is 2. The summed E-state index contributed by atoms with van der Waals surface area (Å²) in [6, 6.07) is 13.0. The largest absolute Gasteiger partial charge is 0.481 e. The third-order valence-corrected chi connectivity index (χ3v) is 4.61. The number of carbonyl (C=O) groups is 1. The number of benzene rings is 1. The molecule has 1 N–H and O–H groups in total. The van der Waals surface area contributed by atoms with Crippen molar-refractivity contribution in [2.45, 2.75) is 32.0 Å². The Balaban J connectivity index is 1.77. The molecule has 1 saturated carbocycles. The molecule has 4 rings (SSSR count). The van der Waals surface area contributed by atoms with E-state index in [9.17, 15) is 9.90 Å². The predicted octanol–water partition coefficient (Wildman–Crippen LogP) is 3.07. The van der Waals surface area contributed by atoms with Gasteiger partial charge in [-0.2, -0.15) is 9.61 Å². The summed E-state index contributed by atoms with van der Waals surface area (Å²) in [6.07, 6.45) is 2.00. The molecule has 6 nitrogen and oxygen atoms in total. The van der Waals surface area contributed by atoms with Crippen LogP contribution in [-0.2, 0) is 18.0 Å². The zero-order valence-electron chi connectivity index (χ0n) is 14.5. The Morgan fingerprint density at radius 3 is 2.65 bits per heavy atom. The average molecular weight is 352 g/mol. The van der Waals surface area contributed by atoms with Crippen LogP contribution in [0.4, 0.5) is 0 Å². The highest BCUT2D eigenvalue weighted by atomic mass is 16.5. The maximum atomic E-state index is 12.9. The van der Waals surface area contributed by atoms with Crippen molar-refractivity contribution in [3.8, 4) is 5.88 Å². The molecule has 0 unspecified atom stereocenters. The summed E-state index contributed by atoms with van der Waals surface area (Å²) in [5.74, 6) is 0.348. The lowest BCUT2D eigenvalue weighted by molar-refractivity contribution is 0.0473. The molecule has 0 amide bonds. The second kappa shape index (κ2) is 6.80. The lowest BCUT2D eigenvalue weighted by atomic mass is 10.1. The molecule has 0 saturated heterocycles. The van der Waals surface area contributed by atoms with Crippen molar-refractivity contribution >= 4 is 11.5 Å². The fourth-order valence-electron chi connectivity index (χ4n) is 3.13. The van der Waals surface area contributed by atoms with Crippen LogP contribution in [-0.4, -0.2) is 27.8 Å². The van der Waals surface area contributed by atoms with Gasteiger partial charge in [0.05, 0.1) is 24.9 Å². The molecular formula is C20H20N2O4. The quantitative estimate of drug-likeness (QED) is 0.690. The van der Waals surface area contributed by atoms with Crippen molar-refractivity contribution in [2.75, 3.05) is 7.11 Å². The van der Waals surface area contributed by atoms with Crippen LogP contribution in [0.1, 0.15) is 45.9 Å². The molecule has 0 bridgehead atoms. The van der Waals surface area contributed by atoms with E-state index in [1.165, 1.54) is 0 Å². The molecule has 134 valence electrons. The van der Waals surface area contributed by atoms with Crippen LogP contribution in [0.15, 0.2) is 42.5 Å². The van der Waals surface area contributed by atoms with Crippen molar-refractivity contribution in [1.82, 2.24) is 9.61 Å². The number of pyridine rings is 1. The molecule has 3 aromatic rings. The highest BCUT2D eigenvalue weighted by molar-refractivity contribution is 5.99. The zero-order valence-corrected chi connectivity index (χ0v) is 14.5. The number of aliphatic hydroxyl groups is 1. The second-order valence-electron chi connectivity index (χ2n) is 6.42. The summed E-state index contributed by atoms with van der Waals surface area (Å²) in [5, 5.41) is 14.4. The van der Waals surface area contributed by atoms with Gasteiger partial charge in [-0.15, -0.1) is 0 Å². The first-order valence-electron chi connectivity index (χ1n) is 8.63. The summed E-state index contributed by atoms with van der Waals surface area (Å²) >= 11 is 0. The van der Waals surface area contributed by atoms with Crippen LogP contribution in [0.5, 0.6) is 5.88 Å². The van der Waals surface area contributed by atoms with Gasteiger partial charge >= 0.3 is 5.97 Å². The molecule has 6 heteroatoms. The minimum atomic E-state index is -0.422. The maximum Gasteiger partial charge on any atom is 0.342 e. The summed E-state index contributed by atoms with van der Waals surface area (Å²) in [4.78, 5) is 12.9. The van der Waals surface area contributed by atoms with Gasteiger partial charge in [-0.05, 0) is 24.5 Å². The summed E-state index contributed by atoms with van der Waals surface area (Å²) in [5.41, 5.74) is 3.27. The van der Waals surface area contributed by atoms with Gasteiger partial charge < -0.3 is 14.6 Å². The molecule has 0 spiro atoms. The van der Waals surface area contributed by atoms with E-state index in [0.717, 1.165) is 24.1 Å². The SMILES string of the molecule is COc1ccc(CO)c2c(C(=O)OCc3ccccc3)c(C3CC3)nn12. The van der Waals surface area contributed by atoms with Gasteiger partial charge in [0.1, 0.15) is 12.2 Å². The van der Waals surface area contributed by atoms with Gasteiger partial charge in [0.15, 0.2) is 0 Å². The molecule has 1 aliphatic rings. The third kappa shape index (κ3) is 2.93. The summed E-state index contributed by atoms with van der Waals surface area (Å²) in [6.45, 7) is 0.00179. The molecule has 1 aliphatic carbocycles. The highest BCUT2D eigenvalue weighted by Crippen LogP contribution is 2.43. The zero-order chi connectivity index (χ0) is 18.1. The van der Waals surface area contributed by atoms with E-state index in [1.807, 2.05) is 30.3 Å². The number of esters is 1. The van der Waals surface area contributed by atoms with Gasteiger partial charge in [-0.3, -0.25) is 0 Å². The third-order valence-electron chi connectivity index (χ3n) is 4.61. The molecule has 1 fully saturated rings. The number of rotatable bonds is 6. The molecule has 2 aromatic heterocycles. The second-order valence-corrected chi connectivity index (χ2v) is 6.42. The molecule has 0 atom stereocenters. The smallest absolute Gasteiger partial charge is 0.342 e. The van der Waals surface area contributed by atoms with Crippen molar-refractivity contribution in [3.63, 3.8) is 0 Å². The van der Waals surface area contributed by atoms with Crippen molar-refractivity contribution in [2.24, 2.45) is 0 Å². The van der Waals surface area contributed by atoms with Gasteiger partial charge in [0.2, 0.25) is 5.88 Å². The Morgan fingerprint density at radius 2 is 2.00 bits per heavy atom. The first-order chi connectivity index (χ1) is 12.7. The molecule has 26 heavy (non-hydrogen) atoms. The van der Waals surface area contributed by atoms with Crippen LogP contribution >= 0.6 is 0 Å². The summed E-state index contributed by atoms with van der Waals surface area (Å²) in [7, 11) is 1.55. The van der Waals surface area contributed by atoms with Crippen molar-refractivity contribution in [1.29, 1.82) is 0 Å². The molecule has 0 radical (unpaired) electrons. The molecule has 1 aromatic carbocycles. The number of carbonyl (C=O) groups excluding carboxylic acids is 1. The highest BCUT2D eigenvalue weighted by Gasteiger charge is 2.35. The van der Waals surface area contributed by atoms with Gasteiger partial charge in [0, 0.05) is 17.5 Å². The fraction of sp³-hybridized carbons (Fsp3) is 0.300. The summed E-state index contributed by atoms with van der Waals surface area (Å²) < 4.78 is 12.5. The Morgan fingerprint density at radius 1 is 1.23 bits per heavy atom. The van der Waals surface area contributed by atoms with E-state index < -0.39 is 5.97 Å². The molecular weight excluding hydrogens is 332 g/mol. The first-order valence-corrected chi connectivity index (χ1v) is 8.63. The molecule has 0 aliphatic heterocycles. The fourth-order valence-corrected chi connectivity index (χ4v) is 3.13. The minimum absolute atomic E-state index is 0.192. The van der Waals surface area contributed by atoms with E-state index in [0.29, 0.717) is 22.5 Å². The number of ether oxygens (including phenoxy) is 2. The normalized spacial score (nSPS) is 13.8. The lowest BCUT2D eigenvalue weighted by Gasteiger charge is -2.09. The van der Waals surface area contributed by atoms with Gasteiger partial charge in [-0.25, -0.2) is 4.79 Å². The number of aromatic nitrogens is 2. The number of methoxy groups -OCH3 is 1. The van der Waals surface area contributed by atoms with Crippen LogP contribution in [0, 0.1) is 0 Å². The monoisotopic (exact) mass is 352 g/mol. The molecule has 2 heterocycles. The van der Waals surface area contributed by atoms with E-state index in [-0.39, 0.29) is 19.1 Å². The standard InChI is InChI=1S/C20H20N2O4/c1-25-16-10-9-15(11-23)19-17(18(14-7-8-14)21-22(16)19)20(24)26-12-13-5-3-2-4-6-13/h2-6,9-10,14,23H,7-8,11-12H2,1H3. The number of hydrogen-bond acceptors (Lipinski definition) is 5. The van der Waals surface area contributed by atoms with Crippen LogP contribution < -0.4 is 4.74 Å². The van der Waals surface area contributed by atoms with Crippen molar-refractivity contribution in [3.05, 3.63) is 64.8 Å². The van der Waals surface area contributed by atoms with Crippen LogP contribution in [0.2, 0.25) is 0 Å². The Bertz CT molecular complexity index is 945. The van der Waals surface area contributed by atoms with Crippen LogP contribution in [0.25, 0.3) is 5.52 Å². The van der Waals surface area contributed by atoms with E-state index in [4.69, 9.17) is 9.47 Å². The van der Waals surface area contributed by atoms with E-state index in [1.54, 1.807) is 23.8 Å². The Labute approximate surface area is 151 Å². The Kier molecular flexibility index (Phi) is 4.34. The minimum Gasteiger partial charge on any atom is -0.481 e. The average Bonchev–Trinajstić information content (AvgIpc) is 3.45. The van der Waals surface area contributed by atoms with Crippen molar-refractivity contribution < 1.29 is 19.4 Å². The van der Waals surface area contributed by atoms with E-state index in [2.05, 4.69) is 5.10 Å². The lowest BCUT2D eigenvalue weighted by Crippen LogP contribution is -2.08. The van der Waals surface area contributed by atoms with Gasteiger partial charge in [-0.1, -0.05) is 30.3 Å². The maximum absolute atomic E-state index is 12.9. The topological polar surface area (TPSA) is 73.1 Å². The Hall–Kier alpha value is -2.86. The van der Waals surface area contributed by atoms with E-state index >= 15 is 0 Å². The predicted molar refractivity (Wildman–Crippen MR) is 95.2 cm³/mol. The number of fused-ring (bicyclic) bond motifs is 1. The van der Waals surface area contributed by atoms with Gasteiger partial charge in [0.25, 0.3) is 0 Å². The van der Waals surface area contributed by atoms with Crippen LogP contribution in [0.3, 0.4) is 0 Å². The number of hydrogen-bond donors (Lipinski definition) is 1. The first kappa shape index (κ1) is 16.6. The number of aliphatic hydroxyl groups excluding tert-OH is 1.